The first-order chi connectivity index (χ1) is 10.7. The summed E-state index contributed by atoms with van der Waals surface area (Å²) in [5, 5.41) is 0. The van der Waals surface area contributed by atoms with E-state index in [0.29, 0.717) is 10.2 Å². The van der Waals surface area contributed by atoms with Gasteiger partial charge in [0.25, 0.3) is 10.0 Å². The molecule has 0 N–H and O–H groups in total. The van der Waals surface area contributed by atoms with Crippen LogP contribution in [0, 0.1) is 11.6 Å². The summed E-state index contributed by atoms with van der Waals surface area (Å²) in [6, 6.07) is 18.4. The van der Waals surface area contributed by atoms with E-state index in [1.165, 1.54) is 4.31 Å². The van der Waals surface area contributed by atoms with Gasteiger partial charge in [0.05, 0.1) is 10.6 Å². The Kier molecular flexibility index (Phi) is 5.35. The Bertz CT molecular complexity index is 849. The van der Waals surface area contributed by atoms with Gasteiger partial charge in [-0.1, -0.05) is 50.0 Å². The largest absolute Gasteiger partial charge is 0.275 e. The van der Waals surface area contributed by atoms with Crippen LogP contribution in [-0.2, 0) is 10.0 Å². The molecule has 23 heavy (non-hydrogen) atoms. The van der Waals surface area contributed by atoms with Crippen LogP contribution in [0.3, 0.4) is 0 Å². The molecule has 0 aliphatic rings. The van der Waals surface area contributed by atoms with Gasteiger partial charge in [0.15, 0.2) is 0 Å². The number of hydrogen-bond donors (Lipinski definition) is 0. The second-order valence-corrected chi connectivity index (χ2v) is 13.4. The van der Waals surface area contributed by atoms with E-state index in [2.05, 4.69) is 47.2 Å². The highest BCUT2D eigenvalue weighted by molar-refractivity contribution is 9.10. The Morgan fingerprint density at radius 1 is 0.957 bits per heavy atom. The summed E-state index contributed by atoms with van der Waals surface area (Å²) in [4.78, 5) is 0.223. The van der Waals surface area contributed by atoms with Gasteiger partial charge < -0.3 is 0 Å². The summed E-state index contributed by atoms with van der Waals surface area (Å²) in [5.74, 6) is 0. The zero-order valence-corrected chi connectivity index (χ0v) is 16.6. The average Bonchev–Trinajstić information content (AvgIpc) is 2.49. The molecule has 0 aliphatic carbocycles. The van der Waals surface area contributed by atoms with Crippen molar-refractivity contribution in [3.8, 4) is 11.6 Å². The van der Waals surface area contributed by atoms with E-state index in [1.807, 2.05) is 6.07 Å². The Balaban J connectivity index is 2.63. The molecule has 0 spiro atoms. The highest BCUT2D eigenvalue weighted by atomic mass is 79.9. The zero-order valence-electron chi connectivity index (χ0n) is 13.2. The third-order valence-electron chi connectivity index (χ3n) is 2.89. The molecule has 0 heterocycles. The van der Waals surface area contributed by atoms with E-state index in [0.717, 1.165) is 0 Å². The topological polar surface area (TPSA) is 37.4 Å². The zero-order chi connectivity index (χ0) is 17.1. The lowest BCUT2D eigenvalue weighted by molar-refractivity contribution is 0.596. The smallest absolute Gasteiger partial charge is 0.200 e. The standard InChI is InChI=1S/C17H18BrNO2SSi/c1-23(2,3)14-13-19(17-12-8-7-11-16(17)18)22(20,21)15-9-5-4-6-10-15/h4-12H,1-3H3. The van der Waals surface area contributed by atoms with Crippen molar-refractivity contribution in [2.24, 2.45) is 0 Å². The first-order valence-electron chi connectivity index (χ1n) is 7.09. The molecule has 0 saturated carbocycles. The number of anilines is 1. The molecule has 3 nitrogen and oxygen atoms in total. The molecule has 0 aromatic heterocycles. The van der Waals surface area contributed by atoms with Crippen LogP contribution < -0.4 is 4.31 Å². The van der Waals surface area contributed by atoms with E-state index in [1.54, 1.807) is 48.5 Å². The summed E-state index contributed by atoms with van der Waals surface area (Å²) < 4.78 is 27.9. The van der Waals surface area contributed by atoms with E-state index in [4.69, 9.17) is 0 Å². The van der Waals surface area contributed by atoms with Gasteiger partial charge in [-0.25, -0.2) is 8.42 Å². The maximum atomic E-state index is 13.0. The Morgan fingerprint density at radius 2 is 1.52 bits per heavy atom. The Labute approximate surface area is 147 Å². The molecule has 2 aromatic carbocycles. The molecule has 0 bridgehead atoms. The van der Waals surface area contributed by atoms with E-state index in [9.17, 15) is 8.42 Å². The molecule has 120 valence electrons. The summed E-state index contributed by atoms with van der Waals surface area (Å²) in [6.45, 7) is 6.23. The number of sulfonamides is 1. The van der Waals surface area contributed by atoms with Gasteiger partial charge in [0.1, 0.15) is 8.07 Å². The van der Waals surface area contributed by atoms with Gasteiger partial charge in [0, 0.05) is 10.5 Å². The van der Waals surface area contributed by atoms with Crippen molar-refractivity contribution in [2.45, 2.75) is 24.5 Å². The first-order valence-corrected chi connectivity index (χ1v) is 12.8. The average molecular weight is 408 g/mol. The highest BCUT2D eigenvalue weighted by Crippen LogP contribution is 2.30. The lowest BCUT2D eigenvalue weighted by atomic mass is 10.3. The quantitative estimate of drug-likeness (QED) is 0.427. The van der Waals surface area contributed by atoms with Gasteiger partial charge in [0.2, 0.25) is 0 Å². The summed E-state index contributed by atoms with van der Waals surface area (Å²) in [7, 11) is -5.48. The lowest BCUT2D eigenvalue weighted by Crippen LogP contribution is -2.28. The highest BCUT2D eigenvalue weighted by Gasteiger charge is 2.25. The van der Waals surface area contributed by atoms with Crippen molar-refractivity contribution in [1.29, 1.82) is 0 Å². The minimum Gasteiger partial charge on any atom is -0.200 e. The number of nitrogens with zero attached hydrogens (tertiary/aromatic N) is 1. The van der Waals surface area contributed by atoms with Gasteiger partial charge in [-0.3, -0.25) is 0 Å². The van der Waals surface area contributed by atoms with Crippen LogP contribution in [0.4, 0.5) is 5.69 Å². The van der Waals surface area contributed by atoms with Crippen LogP contribution in [0.25, 0.3) is 0 Å². The van der Waals surface area contributed by atoms with E-state index in [-0.39, 0.29) is 4.90 Å². The van der Waals surface area contributed by atoms with Crippen molar-refractivity contribution in [2.75, 3.05) is 4.31 Å². The molecule has 0 aliphatic heterocycles. The third-order valence-corrected chi connectivity index (χ3v) is 6.05. The number of para-hydroxylation sites is 1. The summed E-state index contributed by atoms with van der Waals surface area (Å²) >= 11 is 3.42. The number of halogens is 1. The minimum absolute atomic E-state index is 0.223. The van der Waals surface area contributed by atoms with Gasteiger partial charge in [-0.2, -0.15) is 4.31 Å². The second kappa shape index (κ2) is 6.91. The van der Waals surface area contributed by atoms with Crippen molar-refractivity contribution < 1.29 is 8.42 Å². The second-order valence-electron chi connectivity index (χ2n) is 6.02. The Morgan fingerprint density at radius 3 is 2.09 bits per heavy atom. The fourth-order valence-electron chi connectivity index (χ4n) is 1.78. The molecule has 0 fully saturated rings. The molecule has 2 aromatic rings. The van der Waals surface area contributed by atoms with Crippen LogP contribution in [0.2, 0.25) is 19.6 Å². The number of rotatable bonds is 3. The predicted octanol–water partition coefficient (Wildman–Crippen LogP) is 4.48. The van der Waals surface area contributed by atoms with Crippen LogP contribution in [0.5, 0.6) is 0 Å². The fourth-order valence-corrected chi connectivity index (χ4v) is 4.19. The third kappa shape index (κ3) is 4.47. The molecular formula is C17H18BrNO2SSi. The van der Waals surface area contributed by atoms with Gasteiger partial charge >= 0.3 is 0 Å². The molecular weight excluding hydrogens is 390 g/mol. The normalized spacial score (nSPS) is 11.5. The maximum Gasteiger partial charge on any atom is 0.275 e. The van der Waals surface area contributed by atoms with Crippen molar-refractivity contribution in [3.05, 3.63) is 59.1 Å². The number of benzene rings is 2. The van der Waals surface area contributed by atoms with Gasteiger partial charge in [-0.05, 0) is 40.2 Å². The molecule has 2 rings (SSSR count). The lowest BCUT2D eigenvalue weighted by Gasteiger charge is -2.20. The van der Waals surface area contributed by atoms with Crippen LogP contribution in [0.15, 0.2) is 64.0 Å². The predicted molar refractivity (Wildman–Crippen MR) is 101 cm³/mol. The van der Waals surface area contributed by atoms with Crippen LogP contribution >= 0.6 is 15.9 Å². The van der Waals surface area contributed by atoms with Crippen LogP contribution in [-0.4, -0.2) is 16.5 Å². The van der Waals surface area contributed by atoms with E-state index < -0.39 is 18.1 Å². The van der Waals surface area contributed by atoms with Crippen molar-refractivity contribution in [1.82, 2.24) is 0 Å². The fraction of sp³-hybridized carbons (Fsp3) is 0.176. The molecule has 0 atom stereocenters. The molecule has 0 radical (unpaired) electrons. The summed E-state index contributed by atoms with van der Waals surface area (Å²) in [6.07, 6.45) is 0. The number of hydrogen-bond acceptors (Lipinski definition) is 2. The summed E-state index contributed by atoms with van der Waals surface area (Å²) in [5.41, 5.74) is 3.65. The molecule has 0 saturated heterocycles. The van der Waals surface area contributed by atoms with Gasteiger partial charge in [-0.15, -0.1) is 5.54 Å². The minimum atomic E-state index is -3.75. The molecule has 6 heteroatoms. The van der Waals surface area contributed by atoms with Crippen LogP contribution in [0.1, 0.15) is 0 Å². The SMILES string of the molecule is C[Si](C)(C)C#CN(c1ccccc1Br)S(=O)(=O)c1ccccc1. The Hall–Kier alpha value is -1.55. The monoisotopic (exact) mass is 407 g/mol. The van der Waals surface area contributed by atoms with Crippen molar-refractivity contribution >= 4 is 39.7 Å². The van der Waals surface area contributed by atoms with Crippen molar-refractivity contribution in [3.63, 3.8) is 0 Å². The molecule has 0 amide bonds. The first kappa shape index (κ1) is 17.8. The molecule has 0 unspecified atom stereocenters. The maximum absolute atomic E-state index is 13.0. The van der Waals surface area contributed by atoms with E-state index >= 15 is 0 Å².